The number of furan rings is 1. The largest absolute Gasteiger partial charge is 0.475 e. The van der Waals surface area contributed by atoms with Crippen molar-refractivity contribution in [1.82, 2.24) is 0 Å². The molecule has 0 bridgehead atoms. The fourth-order valence-corrected chi connectivity index (χ4v) is 2.42. The Morgan fingerprint density at radius 2 is 1.86 bits per heavy atom. The number of benzene rings is 2. The lowest BCUT2D eigenvalue weighted by molar-refractivity contribution is 0.0663. The molecule has 5 heteroatoms. The summed E-state index contributed by atoms with van der Waals surface area (Å²) in [5.74, 6) is -1.63. The van der Waals surface area contributed by atoms with Crippen molar-refractivity contribution in [3.05, 3.63) is 60.1 Å². The molecule has 5 nitrogen and oxygen atoms in total. The fraction of sp³-hybridized carbons (Fsp3) is 0. The molecule has 0 aliphatic carbocycles. The topological polar surface area (TPSA) is 100 Å². The van der Waals surface area contributed by atoms with Gasteiger partial charge in [0.25, 0.3) is 0 Å². The molecule has 3 rings (SSSR count). The molecule has 3 aromatic rings. The summed E-state index contributed by atoms with van der Waals surface area (Å²) in [6, 6.07) is 13.2. The SMILES string of the molecule is N=C(N)c1coc(C(=O)O)c1-c1cccc2ccccc12. The number of nitrogens with one attached hydrogen (secondary N) is 1. The summed E-state index contributed by atoms with van der Waals surface area (Å²) in [5, 5.41) is 18.8. The van der Waals surface area contributed by atoms with Crippen molar-refractivity contribution in [3.63, 3.8) is 0 Å². The van der Waals surface area contributed by atoms with Gasteiger partial charge in [-0.1, -0.05) is 42.5 Å². The molecule has 0 saturated heterocycles. The Kier molecular flexibility index (Phi) is 2.95. The highest BCUT2D eigenvalue weighted by Crippen LogP contribution is 2.34. The van der Waals surface area contributed by atoms with E-state index >= 15 is 0 Å². The predicted octanol–water partition coefficient (Wildman–Crippen LogP) is 3.08. The third-order valence-corrected chi connectivity index (χ3v) is 3.33. The molecule has 1 heterocycles. The minimum absolute atomic E-state index is 0.212. The molecule has 0 spiro atoms. The lowest BCUT2D eigenvalue weighted by Gasteiger charge is -2.08. The number of hydrogen-bond acceptors (Lipinski definition) is 3. The number of carbonyl (C=O) groups is 1. The molecule has 0 unspecified atom stereocenters. The van der Waals surface area contributed by atoms with E-state index in [4.69, 9.17) is 15.6 Å². The monoisotopic (exact) mass is 280 g/mol. The van der Waals surface area contributed by atoms with Gasteiger partial charge in [-0.25, -0.2) is 4.79 Å². The maximum absolute atomic E-state index is 11.4. The average molecular weight is 280 g/mol. The van der Waals surface area contributed by atoms with Crippen LogP contribution in [0.25, 0.3) is 21.9 Å². The summed E-state index contributed by atoms with van der Waals surface area (Å²) in [6.45, 7) is 0. The van der Waals surface area contributed by atoms with Gasteiger partial charge in [0.1, 0.15) is 12.1 Å². The summed E-state index contributed by atoms with van der Waals surface area (Å²) in [4.78, 5) is 11.4. The molecule has 1 aromatic heterocycles. The van der Waals surface area contributed by atoms with Gasteiger partial charge >= 0.3 is 5.97 Å². The van der Waals surface area contributed by atoms with Crippen LogP contribution < -0.4 is 5.73 Å². The van der Waals surface area contributed by atoms with Gasteiger partial charge in [-0.3, -0.25) is 5.41 Å². The molecule has 0 atom stereocenters. The van der Waals surface area contributed by atoms with E-state index in [1.165, 1.54) is 6.26 Å². The van der Waals surface area contributed by atoms with Gasteiger partial charge in [0, 0.05) is 5.56 Å². The molecule has 0 saturated carbocycles. The summed E-state index contributed by atoms with van der Waals surface area (Å²) in [5.41, 5.74) is 6.85. The number of fused-ring (bicyclic) bond motifs is 1. The molecular formula is C16H12N2O3. The number of nitrogens with two attached hydrogens (primary N) is 1. The lowest BCUT2D eigenvalue weighted by Crippen LogP contribution is -2.12. The van der Waals surface area contributed by atoms with E-state index in [0.717, 1.165) is 10.8 Å². The average Bonchev–Trinajstić information content (AvgIpc) is 2.91. The minimum Gasteiger partial charge on any atom is -0.475 e. The zero-order valence-electron chi connectivity index (χ0n) is 11.0. The number of rotatable bonds is 3. The van der Waals surface area contributed by atoms with Crippen LogP contribution in [-0.4, -0.2) is 16.9 Å². The Balaban J connectivity index is 2.40. The third kappa shape index (κ3) is 2.04. The van der Waals surface area contributed by atoms with Crippen LogP contribution in [0.1, 0.15) is 16.1 Å². The first-order valence-corrected chi connectivity index (χ1v) is 6.27. The first kappa shape index (κ1) is 12.9. The summed E-state index contributed by atoms with van der Waals surface area (Å²) in [7, 11) is 0. The Morgan fingerprint density at radius 3 is 2.57 bits per heavy atom. The second-order valence-electron chi connectivity index (χ2n) is 4.60. The fourth-order valence-electron chi connectivity index (χ4n) is 2.42. The molecule has 4 N–H and O–H groups in total. The number of nitrogen functional groups attached to an aromatic ring is 1. The van der Waals surface area contributed by atoms with E-state index in [2.05, 4.69) is 0 Å². The van der Waals surface area contributed by atoms with Gasteiger partial charge in [-0.05, 0) is 16.3 Å². The molecule has 104 valence electrons. The maximum atomic E-state index is 11.4. The van der Waals surface area contributed by atoms with Gasteiger partial charge in [0.05, 0.1) is 5.56 Å². The summed E-state index contributed by atoms with van der Waals surface area (Å²) in [6.07, 6.45) is 1.21. The molecule has 0 amide bonds. The Labute approximate surface area is 120 Å². The highest BCUT2D eigenvalue weighted by molar-refractivity contribution is 6.10. The van der Waals surface area contributed by atoms with Crippen LogP contribution >= 0.6 is 0 Å². The van der Waals surface area contributed by atoms with Gasteiger partial charge in [0.15, 0.2) is 0 Å². The van der Waals surface area contributed by atoms with Gasteiger partial charge in [0.2, 0.25) is 5.76 Å². The molecular weight excluding hydrogens is 268 g/mol. The van der Waals surface area contributed by atoms with Crippen molar-refractivity contribution in [2.75, 3.05) is 0 Å². The highest BCUT2D eigenvalue weighted by Gasteiger charge is 2.23. The number of carboxylic acid groups (broad SMARTS) is 1. The van der Waals surface area contributed by atoms with Gasteiger partial charge < -0.3 is 15.3 Å². The van der Waals surface area contributed by atoms with E-state index in [-0.39, 0.29) is 17.2 Å². The van der Waals surface area contributed by atoms with E-state index in [9.17, 15) is 9.90 Å². The van der Waals surface area contributed by atoms with Crippen LogP contribution in [0.4, 0.5) is 0 Å². The maximum Gasteiger partial charge on any atom is 0.372 e. The quantitative estimate of drug-likeness (QED) is 0.507. The summed E-state index contributed by atoms with van der Waals surface area (Å²) >= 11 is 0. The van der Waals surface area contributed by atoms with Gasteiger partial charge in [-0.15, -0.1) is 0 Å². The first-order chi connectivity index (χ1) is 10.1. The Morgan fingerprint density at radius 1 is 1.14 bits per heavy atom. The van der Waals surface area contributed by atoms with Crippen LogP contribution in [-0.2, 0) is 0 Å². The predicted molar refractivity (Wildman–Crippen MR) is 79.6 cm³/mol. The molecule has 0 aliphatic heterocycles. The van der Waals surface area contributed by atoms with E-state index < -0.39 is 5.97 Å². The van der Waals surface area contributed by atoms with Crippen molar-refractivity contribution >= 4 is 22.6 Å². The van der Waals surface area contributed by atoms with Crippen LogP contribution in [0, 0.1) is 5.41 Å². The first-order valence-electron chi connectivity index (χ1n) is 6.27. The van der Waals surface area contributed by atoms with Crippen LogP contribution in [0.5, 0.6) is 0 Å². The van der Waals surface area contributed by atoms with Crippen molar-refractivity contribution in [3.8, 4) is 11.1 Å². The van der Waals surface area contributed by atoms with Gasteiger partial charge in [-0.2, -0.15) is 0 Å². The number of carboxylic acids is 1. The van der Waals surface area contributed by atoms with E-state index in [1.807, 2.05) is 36.4 Å². The van der Waals surface area contributed by atoms with Crippen molar-refractivity contribution in [1.29, 1.82) is 5.41 Å². The second kappa shape index (κ2) is 4.79. The lowest BCUT2D eigenvalue weighted by atomic mass is 9.95. The molecule has 0 aliphatic rings. The smallest absolute Gasteiger partial charge is 0.372 e. The third-order valence-electron chi connectivity index (χ3n) is 3.33. The van der Waals surface area contributed by atoms with E-state index in [1.54, 1.807) is 6.07 Å². The number of amidine groups is 1. The zero-order chi connectivity index (χ0) is 15.0. The molecule has 21 heavy (non-hydrogen) atoms. The molecule has 2 aromatic carbocycles. The standard InChI is InChI=1S/C16H12N2O3/c17-15(18)12-8-21-14(16(19)20)13(12)11-7-3-5-9-4-1-2-6-10(9)11/h1-8H,(H3,17,18)(H,19,20). The van der Waals surface area contributed by atoms with Crippen LogP contribution in [0.3, 0.4) is 0 Å². The number of hydrogen-bond donors (Lipinski definition) is 3. The Bertz CT molecular complexity index is 828. The van der Waals surface area contributed by atoms with Crippen molar-refractivity contribution in [2.24, 2.45) is 5.73 Å². The van der Waals surface area contributed by atoms with Crippen molar-refractivity contribution in [2.45, 2.75) is 0 Å². The Hall–Kier alpha value is -3.08. The van der Waals surface area contributed by atoms with Crippen LogP contribution in [0.15, 0.2) is 53.1 Å². The molecule has 0 fully saturated rings. The normalized spacial score (nSPS) is 10.7. The minimum atomic E-state index is -1.19. The highest BCUT2D eigenvalue weighted by atomic mass is 16.4. The molecule has 0 radical (unpaired) electrons. The number of aromatic carboxylic acids is 1. The van der Waals surface area contributed by atoms with E-state index in [0.29, 0.717) is 11.1 Å². The second-order valence-corrected chi connectivity index (χ2v) is 4.60. The summed E-state index contributed by atoms with van der Waals surface area (Å²) < 4.78 is 5.10. The zero-order valence-corrected chi connectivity index (χ0v) is 11.0. The van der Waals surface area contributed by atoms with Crippen molar-refractivity contribution < 1.29 is 14.3 Å². The van der Waals surface area contributed by atoms with Crippen LogP contribution in [0.2, 0.25) is 0 Å².